The molecule has 0 aromatic heterocycles. The highest BCUT2D eigenvalue weighted by Crippen LogP contribution is 2.20. The smallest absolute Gasteiger partial charge is 0.0431 e. The molecule has 0 amide bonds. The molecule has 0 unspecified atom stereocenters. The van der Waals surface area contributed by atoms with Gasteiger partial charge in [0.2, 0.25) is 0 Å². The minimum Gasteiger partial charge on any atom is -0.396 e. The van der Waals surface area contributed by atoms with Gasteiger partial charge in [-0.2, -0.15) is 0 Å². The van der Waals surface area contributed by atoms with Crippen molar-refractivity contribution < 1.29 is 15.3 Å². The van der Waals surface area contributed by atoms with Crippen molar-refractivity contribution in [1.29, 1.82) is 0 Å². The second-order valence-corrected chi connectivity index (χ2v) is 4.17. The first-order valence-electron chi connectivity index (χ1n) is 6.17. The highest BCUT2D eigenvalue weighted by molar-refractivity contribution is 4.60. The molecule has 0 heterocycles. The standard InChI is InChI=1S/C12H26O3.9CH4/c13-9-3-1-6-12(8-5-11-15)7-2-4-10-14;;;;;;;;;/h12-15H,1-11H2;9*1H4. The number of rotatable bonds is 11. The molecule has 0 aliphatic heterocycles. The van der Waals surface area contributed by atoms with Crippen molar-refractivity contribution in [3.05, 3.63) is 0 Å². The maximum Gasteiger partial charge on any atom is 0.0431 e. The van der Waals surface area contributed by atoms with Crippen LogP contribution in [-0.2, 0) is 0 Å². The topological polar surface area (TPSA) is 60.7 Å². The number of hydrogen-bond acceptors (Lipinski definition) is 3. The van der Waals surface area contributed by atoms with Crippen LogP contribution in [0.5, 0.6) is 0 Å². The van der Waals surface area contributed by atoms with Crippen LogP contribution in [-0.4, -0.2) is 35.1 Å². The summed E-state index contributed by atoms with van der Waals surface area (Å²) in [6, 6.07) is 0. The zero-order valence-corrected chi connectivity index (χ0v) is 9.70. The molecular weight excluding hydrogens is 300 g/mol. The van der Waals surface area contributed by atoms with Crippen molar-refractivity contribution in [2.45, 2.75) is 118 Å². The zero-order chi connectivity index (χ0) is 11.4. The summed E-state index contributed by atoms with van der Waals surface area (Å²) in [7, 11) is 0. The largest absolute Gasteiger partial charge is 0.396 e. The molecule has 0 atom stereocenters. The lowest BCUT2D eigenvalue weighted by molar-refractivity contribution is 0.245. The molecule has 0 fully saturated rings. The van der Waals surface area contributed by atoms with Crippen LogP contribution in [0, 0.1) is 5.92 Å². The molecule has 0 bridgehead atoms. The fraction of sp³-hybridized carbons (Fsp3) is 1.00. The third kappa shape index (κ3) is 49.5. The van der Waals surface area contributed by atoms with Gasteiger partial charge in [0.1, 0.15) is 0 Å². The summed E-state index contributed by atoms with van der Waals surface area (Å²) in [5.41, 5.74) is 0. The second kappa shape index (κ2) is 56.9. The van der Waals surface area contributed by atoms with Gasteiger partial charge < -0.3 is 15.3 Å². The van der Waals surface area contributed by atoms with E-state index >= 15 is 0 Å². The van der Waals surface area contributed by atoms with Gasteiger partial charge in [-0.25, -0.2) is 0 Å². The van der Waals surface area contributed by atoms with Crippen LogP contribution in [0.25, 0.3) is 0 Å². The quantitative estimate of drug-likeness (QED) is 0.335. The maximum atomic E-state index is 8.78. The number of unbranched alkanes of at least 4 members (excludes halogenated alkanes) is 2. The number of hydrogen-bond donors (Lipinski definition) is 3. The highest BCUT2D eigenvalue weighted by Gasteiger charge is 2.07. The minimum absolute atomic E-state index is 0. The number of aliphatic hydroxyl groups excluding tert-OH is 3. The molecule has 3 heteroatoms. The predicted octanol–water partition coefficient (Wildman–Crippen LogP) is 7.43. The Morgan fingerprint density at radius 2 is 0.625 bits per heavy atom. The zero-order valence-electron chi connectivity index (χ0n) is 9.70. The average Bonchev–Trinajstić information content (AvgIpc) is 2.25. The van der Waals surface area contributed by atoms with Crippen LogP contribution >= 0.6 is 0 Å². The summed E-state index contributed by atoms with van der Waals surface area (Å²) in [6.45, 7) is 0.837. The van der Waals surface area contributed by atoms with E-state index in [0.29, 0.717) is 5.92 Å². The van der Waals surface area contributed by atoms with E-state index in [0.717, 1.165) is 51.4 Å². The van der Waals surface area contributed by atoms with E-state index in [2.05, 4.69) is 0 Å². The molecule has 0 saturated carbocycles. The SMILES string of the molecule is C.C.C.C.C.C.C.C.C.OCCCCC(CCCO)CCCCO. The van der Waals surface area contributed by atoms with E-state index in [4.69, 9.17) is 15.3 Å². The first kappa shape index (κ1) is 64.9. The van der Waals surface area contributed by atoms with E-state index in [1.54, 1.807) is 0 Å². The van der Waals surface area contributed by atoms with Gasteiger partial charge >= 0.3 is 0 Å². The van der Waals surface area contributed by atoms with Crippen LogP contribution in [0.3, 0.4) is 0 Å². The van der Waals surface area contributed by atoms with Crippen LogP contribution in [0.2, 0.25) is 0 Å². The lowest BCUT2D eigenvalue weighted by atomic mass is 9.91. The first-order chi connectivity index (χ1) is 7.35. The van der Waals surface area contributed by atoms with E-state index in [1.165, 1.54) is 0 Å². The normalized spacial score (nSPS) is 7.00. The summed E-state index contributed by atoms with van der Waals surface area (Å²) in [5, 5.41) is 26.2. The summed E-state index contributed by atoms with van der Waals surface area (Å²) in [5.74, 6) is 0.662. The Kier molecular flexibility index (Phi) is 154. The molecule has 0 aliphatic rings. The van der Waals surface area contributed by atoms with Crippen molar-refractivity contribution in [2.75, 3.05) is 19.8 Å². The summed E-state index contributed by atoms with van der Waals surface area (Å²) in [6.07, 6.45) is 8.16. The Bertz CT molecular complexity index is 110. The Hall–Kier alpha value is -0.120. The second-order valence-electron chi connectivity index (χ2n) is 4.17. The van der Waals surface area contributed by atoms with Gasteiger partial charge in [0.05, 0.1) is 0 Å². The predicted molar refractivity (Wildman–Crippen MR) is 122 cm³/mol. The molecule has 0 aromatic carbocycles. The van der Waals surface area contributed by atoms with Gasteiger partial charge in [-0.1, -0.05) is 92.5 Å². The van der Waals surface area contributed by atoms with E-state index < -0.39 is 0 Å². The third-order valence-electron chi connectivity index (χ3n) is 2.81. The molecule has 3 nitrogen and oxygen atoms in total. The van der Waals surface area contributed by atoms with Gasteiger partial charge in [-0.05, 0) is 31.6 Å². The first-order valence-corrected chi connectivity index (χ1v) is 6.17. The van der Waals surface area contributed by atoms with Crippen LogP contribution in [0.1, 0.15) is 118 Å². The molecule has 0 rings (SSSR count). The summed E-state index contributed by atoms with van der Waals surface area (Å²) in [4.78, 5) is 0. The van der Waals surface area contributed by atoms with Crippen molar-refractivity contribution in [3.63, 3.8) is 0 Å². The molecule has 0 saturated heterocycles. The van der Waals surface area contributed by atoms with Gasteiger partial charge in [0.25, 0.3) is 0 Å². The van der Waals surface area contributed by atoms with Gasteiger partial charge in [0.15, 0.2) is 0 Å². The van der Waals surface area contributed by atoms with Crippen molar-refractivity contribution in [3.8, 4) is 0 Å². The Morgan fingerprint density at radius 3 is 0.875 bits per heavy atom. The summed E-state index contributed by atoms with van der Waals surface area (Å²) >= 11 is 0. The molecule has 0 spiro atoms. The van der Waals surface area contributed by atoms with E-state index in [-0.39, 0.29) is 86.7 Å². The molecule has 0 radical (unpaired) electrons. The molecule has 0 aliphatic carbocycles. The molecule has 0 aromatic rings. The van der Waals surface area contributed by atoms with E-state index in [1.807, 2.05) is 0 Å². The maximum absolute atomic E-state index is 8.78. The molecule has 24 heavy (non-hydrogen) atoms. The summed E-state index contributed by atoms with van der Waals surface area (Å²) < 4.78 is 0. The molecule has 164 valence electrons. The van der Waals surface area contributed by atoms with Gasteiger partial charge in [0, 0.05) is 19.8 Å². The minimum atomic E-state index is 0. The van der Waals surface area contributed by atoms with Crippen molar-refractivity contribution >= 4 is 0 Å². The van der Waals surface area contributed by atoms with E-state index in [9.17, 15) is 0 Å². The van der Waals surface area contributed by atoms with Crippen LogP contribution < -0.4 is 0 Å². The number of aliphatic hydroxyl groups is 3. The van der Waals surface area contributed by atoms with Crippen molar-refractivity contribution in [1.82, 2.24) is 0 Å². The average molecular weight is 363 g/mol. The third-order valence-corrected chi connectivity index (χ3v) is 2.81. The van der Waals surface area contributed by atoms with Gasteiger partial charge in [-0.3, -0.25) is 0 Å². The highest BCUT2D eigenvalue weighted by atomic mass is 16.3. The lowest BCUT2D eigenvalue weighted by Crippen LogP contribution is -2.03. The Morgan fingerprint density at radius 1 is 0.375 bits per heavy atom. The fourth-order valence-corrected chi connectivity index (χ4v) is 1.90. The Balaban J connectivity index is -0.0000000272. The molecular formula is C21H62O3. The van der Waals surface area contributed by atoms with Crippen molar-refractivity contribution in [2.24, 2.45) is 5.92 Å². The van der Waals surface area contributed by atoms with Crippen LogP contribution in [0.15, 0.2) is 0 Å². The monoisotopic (exact) mass is 362 g/mol. The fourth-order valence-electron chi connectivity index (χ4n) is 1.90. The van der Waals surface area contributed by atoms with Gasteiger partial charge in [-0.15, -0.1) is 0 Å². The lowest BCUT2D eigenvalue weighted by Gasteiger charge is -2.15. The molecule has 3 N–H and O–H groups in total. The Labute approximate surface area is 159 Å². The van der Waals surface area contributed by atoms with Crippen LogP contribution in [0.4, 0.5) is 0 Å².